The van der Waals surface area contributed by atoms with Gasteiger partial charge in [-0.2, -0.15) is 5.10 Å². The van der Waals surface area contributed by atoms with Gasteiger partial charge >= 0.3 is 6.30 Å². The summed E-state index contributed by atoms with van der Waals surface area (Å²) in [5.41, 5.74) is -0.186. The molecular formula is C11H20F3N3. The van der Waals surface area contributed by atoms with E-state index in [0.717, 1.165) is 6.34 Å². The fourth-order valence-corrected chi connectivity index (χ4v) is 1.85. The average Bonchev–Trinajstić information content (AvgIpc) is 2.43. The third-order valence-electron chi connectivity index (χ3n) is 2.55. The Morgan fingerprint density at radius 2 is 1.76 bits per heavy atom. The van der Waals surface area contributed by atoms with Crippen LogP contribution in [-0.4, -0.2) is 34.8 Å². The summed E-state index contributed by atoms with van der Waals surface area (Å²) in [5, 5.41) is 5.38. The van der Waals surface area contributed by atoms with E-state index in [1.807, 2.05) is 34.6 Å². The van der Waals surface area contributed by atoms with Gasteiger partial charge in [0.25, 0.3) is 0 Å². The minimum absolute atomic E-state index is 0.0500. The Morgan fingerprint density at radius 1 is 1.24 bits per heavy atom. The van der Waals surface area contributed by atoms with Gasteiger partial charge in [-0.05, 0) is 25.7 Å². The maximum atomic E-state index is 12.8. The van der Waals surface area contributed by atoms with Crippen LogP contribution in [0.5, 0.6) is 0 Å². The Balaban J connectivity index is 2.91. The van der Waals surface area contributed by atoms with Crippen LogP contribution in [0, 0.1) is 5.41 Å². The molecule has 1 aliphatic rings. The van der Waals surface area contributed by atoms with E-state index in [1.165, 1.54) is 5.01 Å². The van der Waals surface area contributed by atoms with Crippen LogP contribution in [0.3, 0.4) is 0 Å². The highest BCUT2D eigenvalue weighted by Crippen LogP contribution is 2.34. The molecule has 1 unspecified atom stereocenters. The maximum absolute atomic E-state index is 12.8. The van der Waals surface area contributed by atoms with E-state index in [2.05, 4.69) is 5.10 Å². The standard InChI is InChI=1S/C11H20F3N3/c1-8(2)17-9(6-10(3,4)5)16(7-15-17)11(12,13)14/h7-9H,6H2,1-5H3. The topological polar surface area (TPSA) is 18.8 Å². The quantitative estimate of drug-likeness (QED) is 0.702. The Morgan fingerprint density at radius 3 is 2.12 bits per heavy atom. The summed E-state index contributed by atoms with van der Waals surface area (Å²) in [6.45, 7) is 9.47. The summed E-state index contributed by atoms with van der Waals surface area (Å²) in [5.74, 6) is 0. The molecule has 17 heavy (non-hydrogen) atoms. The van der Waals surface area contributed by atoms with Gasteiger partial charge in [-0.25, -0.2) is 0 Å². The molecule has 1 rings (SSSR count). The highest BCUT2D eigenvalue weighted by atomic mass is 19.4. The van der Waals surface area contributed by atoms with Gasteiger partial charge in [-0.3, -0.25) is 9.91 Å². The SMILES string of the molecule is CC(C)N1N=CN(C(F)(F)F)C1CC(C)(C)C. The summed E-state index contributed by atoms with van der Waals surface area (Å²) in [6, 6.07) is -0.0500. The first-order valence-corrected chi connectivity index (χ1v) is 5.70. The van der Waals surface area contributed by atoms with E-state index in [1.54, 1.807) is 0 Å². The van der Waals surface area contributed by atoms with Gasteiger partial charge < -0.3 is 0 Å². The summed E-state index contributed by atoms with van der Waals surface area (Å²) in [4.78, 5) is 0.387. The van der Waals surface area contributed by atoms with Crippen molar-refractivity contribution >= 4 is 6.34 Å². The van der Waals surface area contributed by atoms with Gasteiger partial charge in [0.05, 0.1) is 0 Å². The molecule has 1 atom stereocenters. The van der Waals surface area contributed by atoms with Crippen LogP contribution >= 0.6 is 0 Å². The van der Waals surface area contributed by atoms with E-state index < -0.39 is 12.5 Å². The van der Waals surface area contributed by atoms with Gasteiger partial charge in [-0.1, -0.05) is 20.8 Å². The number of hydrogen-bond donors (Lipinski definition) is 0. The molecule has 0 fully saturated rings. The Labute approximate surface area is 100 Å². The molecule has 0 aromatic heterocycles. The second-order valence-corrected chi connectivity index (χ2v) is 5.83. The van der Waals surface area contributed by atoms with Crippen molar-refractivity contribution in [3.05, 3.63) is 0 Å². The van der Waals surface area contributed by atoms with Crippen molar-refractivity contribution in [1.82, 2.24) is 9.91 Å². The lowest BCUT2D eigenvalue weighted by atomic mass is 9.90. The Bertz CT molecular complexity index is 291. The zero-order valence-electron chi connectivity index (χ0n) is 10.9. The number of rotatable bonds is 2. The van der Waals surface area contributed by atoms with Gasteiger partial charge in [-0.15, -0.1) is 13.2 Å². The fraction of sp³-hybridized carbons (Fsp3) is 0.909. The van der Waals surface area contributed by atoms with E-state index >= 15 is 0 Å². The lowest BCUT2D eigenvalue weighted by molar-refractivity contribution is -0.239. The van der Waals surface area contributed by atoms with Crippen LogP contribution in [0.4, 0.5) is 13.2 Å². The van der Waals surface area contributed by atoms with Crippen LogP contribution in [0.25, 0.3) is 0 Å². The van der Waals surface area contributed by atoms with Crippen molar-refractivity contribution in [2.24, 2.45) is 10.5 Å². The lowest BCUT2D eigenvalue weighted by Gasteiger charge is -2.37. The smallest absolute Gasteiger partial charge is 0.270 e. The highest BCUT2D eigenvalue weighted by Gasteiger charge is 2.46. The molecule has 1 aliphatic heterocycles. The predicted octanol–water partition coefficient (Wildman–Crippen LogP) is 3.24. The molecule has 3 nitrogen and oxygen atoms in total. The van der Waals surface area contributed by atoms with Crippen molar-refractivity contribution < 1.29 is 13.2 Å². The molecule has 0 aromatic rings. The third kappa shape index (κ3) is 3.51. The second-order valence-electron chi connectivity index (χ2n) is 5.83. The molecule has 6 heteroatoms. The van der Waals surface area contributed by atoms with Crippen LogP contribution < -0.4 is 0 Å². The molecule has 0 N–H and O–H groups in total. The monoisotopic (exact) mass is 251 g/mol. The van der Waals surface area contributed by atoms with E-state index in [-0.39, 0.29) is 11.5 Å². The first kappa shape index (κ1) is 14.1. The molecule has 0 bridgehead atoms. The van der Waals surface area contributed by atoms with E-state index in [0.29, 0.717) is 11.3 Å². The normalized spacial score (nSPS) is 21.8. The Hall–Kier alpha value is -0.940. The molecule has 0 saturated carbocycles. The van der Waals surface area contributed by atoms with E-state index in [9.17, 15) is 13.2 Å². The first-order valence-electron chi connectivity index (χ1n) is 5.70. The maximum Gasteiger partial charge on any atom is 0.487 e. The molecular weight excluding hydrogens is 231 g/mol. The average molecular weight is 251 g/mol. The van der Waals surface area contributed by atoms with Crippen molar-refractivity contribution in [3.63, 3.8) is 0 Å². The van der Waals surface area contributed by atoms with Crippen molar-refractivity contribution in [2.75, 3.05) is 0 Å². The third-order valence-corrected chi connectivity index (χ3v) is 2.55. The zero-order chi connectivity index (χ0) is 13.4. The summed E-state index contributed by atoms with van der Waals surface area (Å²) in [6.07, 6.45) is -3.82. The first-order chi connectivity index (χ1) is 7.52. The van der Waals surface area contributed by atoms with Crippen LogP contribution in [0.2, 0.25) is 0 Å². The largest absolute Gasteiger partial charge is 0.487 e. The number of alkyl halides is 3. The molecule has 100 valence electrons. The summed E-state index contributed by atoms with van der Waals surface area (Å²) >= 11 is 0. The van der Waals surface area contributed by atoms with Gasteiger partial charge in [0, 0.05) is 6.04 Å². The van der Waals surface area contributed by atoms with E-state index in [4.69, 9.17) is 0 Å². The summed E-state index contributed by atoms with van der Waals surface area (Å²) in [7, 11) is 0. The molecule has 0 spiro atoms. The second kappa shape index (κ2) is 4.38. The van der Waals surface area contributed by atoms with Crippen molar-refractivity contribution in [1.29, 1.82) is 0 Å². The summed E-state index contributed by atoms with van der Waals surface area (Å²) < 4.78 is 38.5. The molecule has 0 aromatic carbocycles. The molecule has 0 amide bonds. The molecule has 0 aliphatic carbocycles. The number of hydrogen-bond acceptors (Lipinski definition) is 3. The minimum atomic E-state index is -4.37. The zero-order valence-corrected chi connectivity index (χ0v) is 10.9. The van der Waals surface area contributed by atoms with Crippen molar-refractivity contribution in [2.45, 2.75) is 59.5 Å². The van der Waals surface area contributed by atoms with Gasteiger partial charge in [0.1, 0.15) is 12.5 Å². The fourth-order valence-electron chi connectivity index (χ4n) is 1.85. The van der Waals surface area contributed by atoms with Gasteiger partial charge in [0.15, 0.2) is 0 Å². The number of halogens is 3. The van der Waals surface area contributed by atoms with Crippen LogP contribution in [0.1, 0.15) is 41.0 Å². The number of hydrazone groups is 1. The number of nitrogens with zero attached hydrogens (tertiary/aromatic N) is 3. The Kier molecular flexibility index (Phi) is 3.64. The lowest BCUT2D eigenvalue weighted by Crippen LogP contribution is -2.50. The van der Waals surface area contributed by atoms with Crippen LogP contribution in [0.15, 0.2) is 5.10 Å². The van der Waals surface area contributed by atoms with Crippen LogP contribution in [-0.2, 0) is 0 Å². The highest BCUT2D eigenvalue weighted by molar-refractivity contribution is 5.57. The molecule has 0 saturated heterocycles. The van der Waals surface area contributed by atoms with Gasteiger partial charge in [0.2, 0.25) is 0 Å². The molecule has 1 heterocycles. The van der Waals surface area contributed by atoms with Crippen molar-refractivity contribution in [3.8, 4) is 0 Å². The predicted molar refractivity (Wildman–Crippen MR) is 61.2 cm³/mol. The minimum Gasteiger partial charge on any atom is -0.270 e. The molecule has 0 radical (unpaired) electrons.